The Bertz CT molecular complexity index is 1620. The Morgan fingerprint density at radius 3 is 2.26 bits per heavy atom. The number of hydrogen-bond acceptors (Lipinski definition) is 4. The first-order valence-corrected chi connectivity index (χ1v) is 14.7. The third-order valence-corrected chi connectivity index (χ3v) is 8.10. The Kier molecular flexibility index (Phi) is 6.75. The van der Waals surface area contributed by atoms with Gasteiger partial charge in [0.25, 0.3) is 0 Å². The minimum absolute atomic E-state index is 0.172. The molecule has 38 heavy (non-hydrogen) atoms. The lowest BCUT2D eigenvalue weighted by molar-refractivity contribution is 0.563. The van der Waals surface area contributed by atoms with Crippen molar-refractivity contribution in [3.05, 3.63) is 107 Å². The summed E-state index contributed by atoms with van der Waals surface area (Å²) in [4.78, 5) is 6.82. The van der Waals surface area contributed by atoms with Crippen molar-refractivity contribution in [1.82, 2.24) is 14.9 Å². The van der Waals surface area contributed by atoms with Crippen LogP contribution in [0.4, 0.5) is 11.4 Å². The van der Waals surface area contributed by atoms with Crippen LogP contribution in [0, 0.1) is 27.7 Å². The zero-order valence-electron chi connectivity index (χ0n) is 22.1. The van der Waals surface area contributed by atoms with Gasteiger partial charge in [0.1, 0.15) is 0 Å². The van der Waals surface area contributed by atoms with Crippen molar-refractivity contribution < 1.29 is 8.42 Å². The number of thiocarbonyl (C=S) groups is 1. The van der Waals surface area contributed by atoms with Crippen molar-refractivity contribution in [2.75, 3.05) is 15.9 Å². The number of sulfonamides is 1. The highest BCUT2D eigenvalue weighted by molar-refractivity contribution is 7.92. The van der Waals surface area contributed by atoms with Crippen LogP contribution in [0.2, 0.25) is 0 Å². The number of anilines is 2. The molecular formula is C29H31N5O2S2. The molecule has 2 aromatic carbocycles. The average molecular weight is 546 g/mol. The second-order valence-corrected chi connectivity index (χ2v) is 11.9. The van der Waals surface area contributed by atoms with Gasteiger partial charge in [-0.15, -0.1) is 0 Å². The highest BCUT2D eigenvalue weighted by atomic mass is 32.2. The minimum atomic E-state index is -3.39. The first-order chi connectivity index (χ1) is 18.1. The minimum Gasteiger partial charge on any atom is -0.351 e. The molecule has 2 atom stereocenters. The summed E-state index contributed by atoms with van der Waals surface area (Å²) < 4.78 is 28.6. The van der Waals surface area contributed by atoms with Crippen molar-refractivity contribution in [2.45, 2.75) is 39.8 Å². The molecule has 0 radical (unpaired) electrons. The molecule has 196 valence electrons. The van der Waals surface area contributed by atoms with E-state index in [1.807, 2.05) is 55.5 Å². The highest BCUT2D eigenvalue weighted by Gasteiger charge is 2.43. The molecule has 2 unspecified atom stereocenters. The topological polar surface area (TPSA) is 79.3 Å². The molecule has 7 nitrogen and oxygen atoms in total. The third kappa shape index (κ3) is 4.68. The van der Waals surface area contributed by atoms with Gasteiger partial charge in [0, 0.05) is 34.5 Å². The van der Waals surface area contributed by atoms with Gasteiger partial charge in [0.05, 0.1) is 29.7 Å². The maximum absolute atomic E-state index is 11.8. The zero-order valence-corrected chi connectivity index (χ0v) is 23.7. The zero-order chi connectivity index (χ0) is 27.2. The molecule has 1 aliphatic rings. The van der Waals surface area contributed by atoms with Crippen LogP contribution in [0.15, 0.2) is 72.9 Å². The molecule has 2 N–H and O–H groups in total. The van der Waals surface area contributed by atoms with E-state index in [0.29, 0.717) is 10.8 Å². The molecule has 0 saturated carbocycles. The summed E-state index contributed by atoms with van der Waals surface area (Å²) in [6.45, 7) is 8.36. The smallest absolute Gasteiger partial charge is 0.229 e. The van der Waals surface area contributed by atoms with E-state index in [1.165, 1.54) is 16.8 Å². The average Bonchev–Trinajstić information content (AvgIpc) is 3.32. The fourth-order valence-electron chi connectivity index (χ4n) is 5.44. The molecule has 2 aromatic heterocycles. The lowest BCUT2D eigenvalue weighted by atomic mass is 9.93. The molecule has 0 bridgehead atoms. The van der Waals surface area contributed by atoms with Gasteiger partial charge < -0.3 is 14.8 Å². The largest absolute Gasteiger partial charge is 0.351 e. The summed E-state index contributed by atoms with van der Waals surface area (Å²) in [7, 11) is -3.39. The van der Waals surface area contributed by atoms with Crippen LogP contribution in [0.5, 0.6) is 0 Å². The van der Waals surface area contributed by atoms with Gasteiger partial charge in [-0.2, -0.15) is 0 Å². The summed E-state index contributed by atoms with van der Waals surface area (Å²) in [5.41, 5.74) is 8.94. The van der Waals surface area contributed by atoms with Crippen LogP contribution in [-0.2, 0) is 10.0 Å². The lowest BCUT2D eigenvalue weighted by Crippen LogP contribution is -2.30. The van der Waals surface area contributed by atoms with Gasteiger partial charge in [-0.3, -0.25) is 9.71 Å². The molecule has 1 saturated heterocycles. The molecule has 1 aliphatic heterocycles. The van der Waals surface area contributed by atoms with Crippen LogP contribution >= 0.6 is 12.2 Å². The molecule has 5 rings (SSSR count). The molecule has 0 aliphatic carbocycles. The van der Waals surface area contributed by atoms with Gasteiger partial charge in [0.2, 0.25) is 10.0 Å². The summed E-state index contributed by atoms with van der Waals surface area (Å²) in [5, 5.41) is 4.13. The van der Waals surface area contributed by atoms with E-state index < -0.39 is 10.0 Å². The van der Waals surface area contributed by atoms with Crippen molar-refractivity contribution in [1.29, 1.82) is 0 Å². The summed E-state index contributed by atoms with van der Waals surface area (Å²) >= 11 is 5.93. The Balaban J connectivity index is 1.69. The number of pyridine rings is 1. The summed E-state index contributed by atoms with van der Waals surface area (Å²) in [6.07, 6.45) is 2.95. The van der Waals surface area contributed by atoms with Crippen molar-refractivity contribution in [3.63, 3.8) is 0 Å². The van der Waals surface area contributed by atoms with Gasteiger partial charge in [0.15, 0.2) is 5.11 Å². The number of nitrogens with one attached hydrogen (secondary N) is 2. The van der Waals surface area contributed by atoms with E-state index >= 15 is 0 Å². The molecular weight excluding hydrogens is 514 g/mol. The quantitative estimate of drug-likeness (QED) is 0.305. The maximum atomic E-state index is 11.8. The molecule has 1 fully saturated rings. The predicted molar refractivity (Wildman–Crippen MR) is 158 cm³/mol. The Hall–Kier alpha value is -3.69. The predicted octanol–water partition coefficient (Wildman–Crippen LogP) is 5.65. The maximum Gasteiger partial charge on any atom is 0.229 e. The Labute approximate surface area is 229 Å². The number of hydrogen-bond donors (Lipinski definition) is 2. The van der Waals surface area contributed by atoms with E-state index in [2.05, 4.69) is 57.4 Å². The molecule has 0 amide bonds. The van der Waals surface area contributed by atoms with Crippen molar-refractivity contribution >= 4 is 38.7 Å². The second kappa shape index (κ2) is 9.89. The van der Waals surface area contributed by atoms with Crippen molar-refractivity contribution in [3.8, 4) is 5.69 Å². The molecule has 0 spiro atoms. The SMILES string of the molecule is Cc1cc(N2C(=S)NC(c3ccccn3)C2c2c(C)c(C)n(-c3ccccc3)c2C)ccc1NS(C)(=O)=O. The highest BCUT2D eigenvalue weighted by Crippen LogP contribution is 2.45. The number of aryl methyl sites for hydroxylation is 1. The standard InChI is InChI=1S/C29H31N5O2S2/c1-18-17-23(14-15-24(18)32-38(5,35)36)34-28(27(31-29(34)37)25-13-9-10-16-30-25)26-19(2)20(3)33(21(26)4)22-11-7-6-8-12-22/h6-17,27-28,32H,1-5H3,(H,31,37). The molecule has 4 aromatic rings. The van der Waals surface area contributed by atoms with E-state index in [1.54, 1.807) is 12.3 Å². The fraction of sp³-hybridized carbons (Fsp3) is 0.241. The first-order valence-electron chi connectivity index (χ1n) is 12.4. The van der Waals surface area contributed by atoms with Gasteiger partial charge in [-0.1, -0.05) is 24.3 Å². The normalized spacial score (nSPS) is 17.5. The van der Waals surface area contributed by atoms with E-state index in [4.69, 9.17) is 12.2 Å². The second-order valence-electron chi connectivity index (χ2n) is 9.75. The number of benzene rings is 2. The van der Waals surface area contributed by atoms with Gasteiger partial charge in [-0.25, -0.2) is 8.42 Å². The van der Waals surface area contributed by atoms with Crippen LogP contribution in [0.1, 0.15) is 45.9 Å². The van der Waals surface area contributed by atoms with E-state index in [9.17, 15) is 8.42 Å². The van der Waals surface area contributed by atoms with E-state index in [-0.39, 0.29) is 12.1 Å². The van der Waals surface area contributed by atoms with Gasteiger partial charge >= 0.3 is 0 Å². The number of rotatable bonds is 6. The number of aromatic nitrogens is 2. The van der Waals surface area contributed by atoms with Crippen LogP contribution in [0.25, 0.3) is 5.69 Å². The Morgan fingerprint density at radius 2 is 1.63 bits per heavy atom. The third-order valence-electron chi connectivity index (χ3n) is 7.20. The van der Waals surface area contributed by atoms with Gasteiger partial charge in [-0.05, 0) is 93.5 Å². The van der Waals surface area contributed by atoms with Crippen molar-refractivity contribution in [2.24, 2.45) is 0 Å². The van der Waals surface area contributed by atoms with Crippen LogP contribution in [0.3, 0.4) is 0 Å². The fourth-order valence-corrected chi connectivity index (χ4v) is 6.42. The number of para-hydroxylation sites is 1. The number of nitrogens with zero attached hydrogens (tertiary/aromatic N) is 3. The van der Waals surface area contributed by atoms with Crippen LogP contribution < -0.4 is 14.9 Å². The molecule has 9 heteroatoms. The summed E-state index contributed by atoms with van der Waals surface area (Å²) in [5.74, 6) is 0. The Morgan fingerprint density at radius 1 is 0.921 bits per heavy atom. The lowest BCUT2D eigenvalue weighted by Gasteiger charge is -2.29. The first kappa shape index (κ1) is 25.9. The molecule has 3 heterocycles. The van der Waals surface area contributed by atoms with E-state index in [0.717, 1.165) is 34.6 Å². The van der Waals surface area contributed by atoms with Crippen LogP contribution in [-0.4, -0.2) is 29.3 Å². The monoisotopic (exact) mass is 545 g/mol. The summed E-state index contributed by atoms with van der Waals surface area (Å²) in [6, 6.07) is 21.6.